The Hall–Kier alpha value is -3.48. The summed E-state index contributed by atoms with van der Waals surface area (Å²) in [5.41, 5.74) is 4.46. The molecule has 7 nitrogen and oxygen atoms in total. The minimum absolute atomic E-state index is 0.0681. The van der Waals surface area contributed by atoms with E-state index in [9.17, 15) is 4.79 Å². The maximum Gasteiger partial charge on any atom is 0.272 e. The van der Waals surface area contributed by atoms with Crippen LogP contribution >= 0.6 is 0 Å². The number of aryl methyl sites for hydroxylation is 1. The van der Waals surface area contributed by atoms with Crippen LogP contribution in [0, 0.1) is 0 Å². The molecule has 1 unspecified atom stereocenters. The van der Waals surface area contributed by atoms with Crippen LogP contribution in [0.15, 0.2) is 55.0 Å². The molecule has 3 aromatic heterocycles. The third-order valence-corrected chi connectivity index (χ3v) is 5.36. The van der Waals surface area contributed by atoms with Gasteiger partial charge in [-0.15, -0.1) is 0 Å². The summed E-state index contributed by atoms with van der Waals surface area (Å²) in [6.45, 7) is 1.17. The molecular formula is C21H20N6O. The summed E-state index contributed by atoms with van der Waals surface area (Å²) < 4.78 is 0. The van der Waals surface area contributed by atoms with Gasteiger partial charge in [-0.3, -0.25) is 9.89 Å². The van der Waals surface area contributed by atoms with Crippen molar-refractivity contribution in [1.29, 1.82) is 0 Å². The Bertz CT molecular complexity index is 1120. The quantitative estimate of drug-likeness (QED) is 0.576. The molecule has 7 heteroatoms. The Morgan fingerprint density at radius 3 is 2.96 bits per heavy atom. The topological polar surface area (TPSA) is 90.6 Å². The number of aromatic amines is 2. The van der Waals surface area contributed by atoms with Gasteiger partial charge in [0, 0.05) is 17.8 Å². The van der Waals surface area contributed by atoms with Crippen LogP contribution in [0.5, 0.6) is 0 Å². The number of carbonyl (C=O) groups is 1. The van der Waals surface area contributed by atoms with Crippen LogP contribution in [0.4, 0.5) is 0 Å². The molecule has 1 atom stereocenters. The molecular weight excluding hydrogens is 352 g/mol. The number of nitrogens with zero attached hydrogens (tertiary/aromatic N) is 4. The second kappa shape index (κ2) is 6.92. The maximum atomic E-state index is 13.1. The summed E-state index contributed by atoms with van der Waals surface area (Å²) in [4.78, 5) is 27.1. The molecule has 140 valence electrons. The van der Waals surface area contributed by atoms with Gasteiger partial charge in [-0.2, -0.15) is 5.10 Å². The lowest BCUT2D eigenvalue weighted by atomic mass is 9.91. The van der Waals surface area contributed by atoms with Crippen LogP contribution in [0.3, 0.4) is 0 Å². The van der Waals surface area contributed by atoms with Gasteiger partial charge in [-0.25, -0.2) is 9.97 Å². The van der Waals surface area contributed by atoms with Crippen LogP contribution in [0.1, 0.15) is 39.8 Å². The molecule has 0 fully saturated rings. The first-order valence-corrected chi connectivity index (χ1v) is 9.43. The fraction of sp³-hybridized carbons (Fsp3) is 0.238. The Balaban J connectivity index is 1.37. The summed E-state index contributed by atoms with van der Waals surface area (Å²) in [7, 11) is 0. The Morgan fingerprint density at radius 2 is 2.07 bits per heavy atom. The highest BCUT2D eigenvalue weighted by Gasteiger charge is 2.31. The van der Waals surface area contributed by atoms with Gasteiger partial charge in [0.1, 0.15) is 5.69 Å². The zero-order chi connectivity index (χ0) is 18.9. The molecule has 2 N–H and O–H groups in total. The molecule has 0 spiro atoms. The van der Waals surface area contributed by atoms with Crippen molar-refractivity contribution < 1.29 is 4.79 Å². The zero-order valence-electron chi connectivity index (χ0n) is 15.3. The van der Waals surface area contributed by atoms with Crippen molar-refractivity contribution in [3.8, 4) is 0 Å². The number of rotatable bonds is 4. The molecule has 0 aliphatic carbocycles. The molecule has 28 heavy (non-hydrogen) atoms. The van der Waals surface area contributed by atoms with Crippen molar-refractivity contribution in [1.82, 2.24) is 30.0 Å². The molecule has 5 rings (SSSR count). The van der Waals surface area contributed by atoms with Crippen LogP contribution < -0.4 is 0 Å². The highest BCUT2D eigenvalue weighted by molar-refractivity contribution is 5.94. The summed E-state index contributed by atoms with van der Waals surface area (Å²) in [5.74, 6) is 0.136. The van der Waals surface area contributed by atoms with E-state index in [4.69, 9.17) is 0 Å². The van der Waals surface area contributed by atoms with E-state index in [0.29, 0.717) is 24.4 Å². The third kappa shape index (κ3) is 3.05. The van der Waals surface area contributed by atoms with E-state index in [1.165, 1.54) is 5.56 Å². The summed E-state index contributed by atoms with van der Waals surface area (Å²) in [6, 6.07) is 14.1. The molecule has 0 radical (unpaired) electrons. The summed E-state index contributed by atoms with van der Waals surface area (Å²) in [5, 5.41) is 7.70. The molecule has 1 amide bonds. The van der Waals surface area contributed by atoms with E-state index in [1.54, 1.807) is 18.6 Å². The average molecular weight is 372 g/mol. The molecule has 0 saturated carbocycles. The number of imidazole rings is 1. The van der Waals surface area contributed by atoms with E-state index in [2.05, 4.69) is 49.4 Å². The lowest BCUT2D eigenvalue weighted by molar-refractivity contribution is 0.0706. The smallest absolute Gasteiger partial charge is 0.272 e. The van der Waals surface area contributed by atoms with Gasteiger partial charge in [-0.05, 0) is 30.5 Å². The molecule has 0 saturated heterocycles. The fourth-order valence-corrected chi connectivity index (χ4v) is 3.89. The molecule has 1 aliphatic rings. The van der Waals surface area contributed by atoms with E-state index in [-0.39, 0.29) is 11.8 Å². The lowest BCUT2D eigenvalue weighted by Gasteiger charge is -2.32. The minimum atomic E-state index is -0.0681. The predicted octanol–water partition coefficient (Wildman–Crippen LogP) is 3.05. The standard InChI is InChI=1S/C21H20N6O/c28-21(17-9-8-15-10-24-26-20(15)25-17)27-11-16(19-18(12-27)22-13-23-19)7-6-14-4-2-1-3-5-14/h1-5,8-10,13,16H,6-7,11-12H2,(H,22,23)(H,24,25,26). The van der Waals surface area contributed by atoms with Gasteiger partial charge in [0.05, 0.1) is 30.5 Å². The van der Waals surface area contributed by atoms with Gasteiger partial charge in [0.25, 0.3) is 5.91 Å². The van der Waals surface area contributed by atoms with Crippen molar-refractivity contribution in [2.45, 2.75) is 25.3 Å². The van der Waals surface area contributed by atoms with E-state index in [0.717, 1.165) is 29.6 Å². The summed E-state index contributed by atoms with van der Waals surface area (Å²) >= 11 is 0. The van der Waals surface area contributed by atoms with Crippen molar-refractivity contribution in [3.05, 3.63) is 77.6 Å². The van der Waals surface area contributed by atoms with Crippen LogP contribution in [0.2, 0.25) is 0 Å². The number of benzene rings is 1. The van der Waals surface area contributed by atoms with Gasteiger partial charge in [-0.1, -0.05) is 30.3 Å². The van der Waals surface area contributed by atoms with Crippen LogP contribution in [-0.2, 0) is 13.0 Å². The van der Waals surface area contributed by atoms with E-state index < -0.39 is 0 Å². The highest BCUT2D eigenvalue weighted by atomic mass is 16.2. The zero-order valence-corrected chi connectivity index (χ0v) is 15.3. The number of carbonyl (C=O) groups excluding carboxylic acids is 1. The van der Waals surface area contributed by atoms with Gasteiger partial charge >= 0.3 is 0 Å². The van der Waals surface area contributed by atoms with Crippen molar-refractivity contribution in [3.63, 3.8) is 0 Å². The second-order valence-corrected chi connectivity index (χ2v) is 7.18. The first-order valence-electron chi connectivity index (χ1n) is 9.43. The number of aromatic nitrogens is 5. The number of nitrogens with one attached hydrogen (secondary N) is 2. The van der Waals surface area contributed by atoms with Gasteiger partial charge in [0.2, 0.25) is 0 Å². The number of amides is 1. The minimum Gasteiger partial charge on any atom is -0.347 e. The average Bonchev–Trinajstić information content (AvgIpc) is 3.40. The van der Waals surface area contributed by atoms with E-state index >= 15 is 0 Å². The first kappa shape index (κ1) is 16.7. The SMILES string of the molecule is O=C(c1ccc2cn[nH]c2n1)N1Cc2[nH]cnc2C(CCc2ccccc2)C1. The first-order chi connectivity index (χ1) is 13.8. The van der Waals surface area contributed by atoms with Crippen molar-refractivity contribution >= 4 is 16.9 Å². The molecule has 4 aromatic rings. The van der Waals surface area contributed by atoms with Crippen molar-refractivity contribution in [2.24, 2.45) is 0 Å². The fourth-order valence-electron chi connectivity index (χ4n) is 3.89. The Labute approximate surface area is 161 Å². The largest absolute Gasteiger partial charge is 0.347 e. The number of fused-ring (bicyclic) bond motifs is 2. The Kier molecular flexibility index (Phi) is 4.12. The molecule has 4 heterocycles. The highest BCUT2D eigenvalue weighted by Crippen LogP contribution is 2.30. The molecule has 0 bridgehead atoms. The van der Waals surface area contributed by atoms with Crippen molar-refractivity contribution in [2.75, 3.05) is 6.54 Å². The maximum absolute atomic E-state index is 13.1. The van der Waals surface area contributed by atoms with E-state index in [1.807, 2.05) is 17.0 Å². The van der Waals surface area contributed by atoms with Gasteiger partial charge in [0.15, 0.2) is 5.65 Å². The number of H-pyrrole nitrogens is 2. The number of pyridine rings is 1. The van der Waals surface area contributed by atoms with Gasteiger partial charge < -0.3 is 9.88 Å². The Morgan fingerprint density at radius 1 is 1.18 bits per heavy atom. The molecule has 1 aliphatic heterocycles. The second-order valence-electron chi connectivity index (χ2n) is 7.18. The number of hydrogen-bond donors (Lipinski definition) is 2. The molecule has 1 aromatic carbocycles. The normalized spacial score (nSPS) is 16.3. The summed E-state index contributed by atoms with van der Waals surface area (Å²) in [6.07, 6.45) is 5.33. The predicted molar refractivity (Wildman–Crippen MR) is 105 cm³/mol. The third-order valence-electron chi connectivity index (χ3n) is 5.36. The number of hydrogen-bond acceptors (Lipinski definition) is 4. The van der Waals surface area contributed by atoms with Crippen LogP contribution in [-0.4, -0.2) is 42.5 Å². The van der Waals surface area contributed by atoms with Crippen LogP contribution in [0.25, 0.3) is 11.0 Å². The monoisotopic (exact) mass is 372 g/mol. The lowest BCUT2D eigenvalue weighted by Crippen LogP contribution is -2.39.